The molecule has 3 aliphatic rings. The smallest absolute Gasteiger partial charge is 0.243 e. The minimum atomic E-state index is -0.664. The van der Waals surface area contributed by atoms with Gasteiger partial charge in [-0.25, -0.2) is 0 Å². The lowest BCUT2D eigenvalue weighted by Crippen LogP contribution is -2.58. The number of allylic oxidation sites excluding steroid dienone is 2. The number of nitrogens with zero attached hydrogens (tertiary/aromatic N) is 1. The van der Waals surface area contributed by atoms with Gasteiger partial charge in [0.25, 0.3) is 0 Å². The van der Waals surface area contributed by atoms with Crippen LogP contribution < -0.4 is 16.0 Å². The van der Waals surface area contributed by atoms with Crippen LogP contribution in [0.4, 0.5) is 5.69 Å². The Hall–Kier alpha value is -3.01. The highest BCUT2D eigenvalue weighted by Gasteiger charge is 2.41. The van der Waals surface area contributed by atoms with E-state index in [0.29, 0.717) is 58.5 Å². The molecule has 0 bridgehead atoms. The summed E-state index contributed by atoms with van der Waals surface area (Å²) in [5.74, 6) is -0.108. The first-order valence-electron chi connectivity index (χ1n) is 14.6. The predicted molar refractivity (Wildman–Crippen MR) is 162 cm³/mol. The molecule has 2 aromatic carbocycles. The molecule has 0 aliphatic carbocycles. The molecule has 0 radical (unpaired) electrons. The van der Waals surface area contributed by atoms with Gasteiger partial charge in [-0.2, -0.15) is 0 Å². The predicted octanol–water partition coefficient (Wildman–Crippen LogP) is 4.07. The fourth-order valence-electron chi connectivity index (χ4n) is 6.14. The second-order valence-corrected chi connectivity index (χ2v) is 12.4. The molecule has 3 N–H and O–H groups in total. The number of hydrogen-bond donors (Lipinski definition) is 3. The molecule has 0 saturated carbocycles. The lowest BCUT2D eigenvalue weighted by atomic mass is 9.75. The Morgan fingerprint density at radius 3 is 2.54 bits per heavy atom. The Labute approximate surface area is 250 Å². The molecule has 1 spiro atoms. The second-order valence-electron chi connectivity index (χ2n) is 11.5. The molecule has 3 atom stereocenters. The minimum absolute atomic E-state index is 0.0374. The van der Waals surface area contributed by atoms with E-state index in [1.165, 1.54) is 0 Å². The van der Waals surface area contributed by atoms with Crippen LogP contribution in [0.15, 0.2) is 71.2 Å². The van der Waals surface area contributed by atoms with Crippen molar-refractivity contribution in [3.63, 3.8) is 0 Å². The van der Waals surface area contributed by atoms with Crippen LogP contribution in [0, 0.1) is 11.3 Å². The zero-order chi connectivity index (χ0) is 28.7. The molecule has 3 heterocycles. The van der Waals surface area contributed by atoms with Gasteiger partial charge in [0.15, 0.2) is 0 Å². The average molecular weight is 624 g/mol. The van der Waals surface area contributed by atoms with Gasteiger partial charge < -0.3 is 20.7 Å². The first kappa shape index (κ1) is 29.5. The van der Waals surface area contributed by atoms with E-state index in [0.717, 1.165) is 28.6 Å². The largest absolute Gasteiger partial charge is 0.381 e. The first-order valence-corrected chi connectivity index (χ1v) is 15.4. The van der Waals surface area contributed by atoms with Crippen molar-refractivity contribution in [1.29, 1.82) is 0 Å². The molecule has 2 saturated heterocycles. The molecule has 0 aromatic heterocycles. The number of halogens is 1. The first-order chi connectivity index (χ1) is 19.9. The SMILES string of the molecule is O=C(CN1CC[C@@H]2NC(=O)[C@@H](Cc3ccccc3)NC(=O)C3(C/C=C/C[C@H]2C1)CCOCC3)Nc1ccc(Br)cc1. The lowest BCUT2D eigenvalue weighted by Gasteiger charge is -2.40. The van der Waals surface area contributed by atoms with E-state index >= 15 is 0 Å². The van der Waals surface area contributed by atoms with E-state index in [2.05, 4.69) is 48.9 Å². The minimum Gasteiger partial charge on any atom is -0.381 e. The van der Waals surface area contributed by atoms with Crippen molar-refractivity contribution in [3.8, 4) is 0 Å². The normalized spacial score (nSPS) is 26.0. The van der Waals surface area contributed by atoms with Gasteiger partial charge in [0.1, 0.15) is 6.04 Å². The Balaban J connectivity index is 1.31. The highest BCUT2D eigenvalue weighted by atomic mass is 79.9. The molecule has 2 fully saturated rings. The Bertz CT molecular complexity index is 1230. The van der Waals surface area contributed by atoms with Crippen LogP contribution in [0.5, 0.6) is 0 Å². The monoisotopic (exact) mass is 622 g/mol. The molecule has 3 aliphatic heterocycles. The number of carbonyl (C=O) groups is 3. The summed E-state index contributed by atoms with van der Waals surface area (Å²) in [4.78, 5) is 42.4. The number of amides is 3. The number of anilines is 1. The van der Waals surface area contributed by atoms with E-state index in [-0.39, 0.29) is 29.7 Å². The summed E-state index contributed by atoms with van der Waals surface area (Å²) in [6, 6.07) is 16.7. The van der Waals surface area contributed by atoms with Crippen molar-refractivity contribution in [1.82, 2.24) is 15.5 Å². The van der Waals surface area contributed by atoms with Crippen LogP contribution in [0.25, 0.3) is 0 Å². The van der Waals surface area contributed by atoms with Gasteiger partial charge in [-0.15, -0.1) is 0 Å². The summed E-state index contributed by atoms with van der Waals surface area (Å²) in [6.07, 6.45) is 8.13. The molecule has 0 unspecified atom stereocenters. The average Bonchev–Trinajstić information content (AvgIpc) is 2.98. The number of piperidine rings is 1. The Morgan fingerprint density at radius 1 is 1.02 bits per heavy atom. The molecular weight excluding hydrogens is 584 g/mol. The van der Waals surface area contributed by atoms with Gasteiger partial charge in [0, 0.05) is 48.9 Å². The van der Waals surface area contributed by atoms with Gasteiger partial charge in [-0.05, 0) is 67.9 Å². The fourth-order valence-corrected chi connectivity index (χ4v) is 6.40. The van der Waals surface area contributed by atoms with Gasteiger partial charge in [0.2, 0.25) is 17.7 Å². The second kappa shape index (κ2) is 13.8. The third kappa shape index (κ3) is 7.84. The quantitative estimate of drug-likeness (QED) is 0.437. The number of likely N-dealkylation sites (tertiary alicyclic amines) is 1. The van der Waals surface area contributed by atoms with Gasteiger partial charge in [-0.3, -0.25) is 19.3 Å². The summed E-state index contributed by atoms with van der Waals surface area (Å²) in [7, 11) is 0. The van der Waals surface area contributed by atoms with Crippen molar-refractivity contribution < 1.29 is 19.1 Å². The fraction of sp³-hybridized carbons (Fsp3) is 0.469. The molecule has 218 valence electrons. The van der Waals surface area contributed by atoms with Gasteiger partial charge >= 0.3 is 0 Å². The van der Waals surface area contributed by atoms with E-state index < -0.39 is 11.5 Å². The number of hydrogen-bond acceptors (Lipinski definition) is 5. The summed E-state index contributed by atoms with van der Waals surface area (Å²) in [5, 5.41) is 9.42. The van der Waals surface area contributed by atoms with Crippen LogP contribution >= 0.6 is 15.9 Å². The van der Waals surface area contributed by atoms with Crippen molar-refractivity contribution in [2.75, 3.05) is 38.2 Å². The maximum absolute atomic E-state index is 13.7. The number of rotatable bonds is 5. The summed E-state index contributed by atoms with van der Waals surface area (Å²) in [6.45, 7) is 2.79. The molecule has 41 heavy (non-hydrogen) atoms. The zero-order valence-electron chi connectivity index (χ0n) is 23.3. The third-order valence-corrected chi connectivity index (χ3v) is 9.12. The number of fused-ring (bicyclic) bond motifs is 1. The van der Waals surface area contributed by atoms with E-state index in [1.807, 2.05) is 54.6 Å². The lowest BCUT2D eigenvalue weighted by molar-refractivity contribution is -0.140. The summed E-state index contributed by atoms with van der Waals surface area (Å²) < 4.78 is 6.56. The van der Waals surface area contributed by atoms with Crippen LogP contribution in [-0.4, -0.2) is 67.6 Å². The number of ether oxygens (including phenoxy) is 1. The molecule has 9 heteroatoms. The summed E-state index contributed by atoms with van der Waals surface area (Å²) in [5.41, 5.74) is 1.19. The topological polar surface area (TPSA) is 99.8 Å². The maximum Gasteiger partial charge on any atom is 0.243 e. The Kier molecular flexibility index (Phi) is 9.90. The summed E-state index contributed by atoms with van der Waals surface area (Å²) >= 11 is 3.42. The van der Waals surface area contributed by atoms with Crippen molar-refractivity contribution >= 4 is 39.3 Å². The maximum atomic E-state index is 13.7. The van der Waals surface area contributed by atoms with Gasteiger partial charge in [-0.1, -0.05) is 58.4 Å². The zero-order valence-corrected chi connectivity index (χ0v) is 24.9. The molecule has 5 rings (SSSR count). The van der Waals surface area contributed by atoms with E-state index in [4.69, 9.17) is 4.74 Å². The highest BCUT2D eigenvalue weighted by Crippen LogP contribution is 2.36. The molecular formula is C32H39BrN4O4. The molecule has 2 aromatic rings. The van der Waals surface area contributed by atoms with Crippen molar-refractivity contribution in [2.24, 2.45) is 11.3 Å². The van der Waals surface area contributed by atoms with Crippen molar-refractivity contribution in [3.05, 3.63) is 76.8 Å². The third-order valence-electron chi connectivity index (χ3n) is 8.59. The van der Waals surface area contributed by atoms with Crippen molar-refractivity contribution in [2.45, 2.75) is 50.6 Å². The number of nitrogens with one attached hydrogen (secondary N) is 3. The van der Waals surface area contributed by atoms with Gasteiger partial charge in [0.05, 0.1) is 12.0 Å². The van der Waals surface area contributed by atoms with Crippen LogP contribution in [0.1, 0.15) is 37.7 Å². The van der Waals surface area contributed by atoms with Crippen LogP contribution in [0.3, 0.4) is 0 Å². The molecule has 3 amide bonds. The number of benzene rings is 2. The standard InChI is InChI=1S/C32H39BrN4O4/c33-25-9-11-26(12-10-25)34-29(38)22-37-17-13-27-24(21-37)8-4-5-14-32(15-18-41-19-16-32)31(40)36-28(30(39)35-27)20-23-6-2-1-3-7-23/h1-7,9-12,24,27-28H,8,13-22H2,(H,34,38)(H,35,39)(H,36,40)/b5-4+/t24-,27-,28+/m0/s1. The van der Waals surface area contributed by atoms with Crippen LogP contribution in [-0.2, 0) is 25.5 Å². The Morgan fingerprint density at radius 2 is 1.78 bits per heavy atom. The number of carbonyl (C=O) groups excluding carboxylic acids is 3. The molecule has 8 nitrogen and oxygen atoms in total. The van der Waals surface area contributed by atoms with E-state index in [1.54, 1.807) is 0 Å². The van der Waals surface area contributed by atoms with Crippen LogP contribution in [0.2, 0.25) is 0 Å². The van der Waals surface area contributed by atoms with E-state index in [9.17, 15) is 14.4 Å². The highest BCUT2D eigenvalue weighted by molar-refractivity contribution is 9.10.